The van der Waals surface area contributed by atoms with Crippen LogP contribution in [0.25, 0.3) is 0 Å². The van der Waals surface area contributed by atoms with Gasteiger partial charge in [-0.2, -0.15) is 0 Å². The Balaban J connectivity index is 1.55. The van der Waals surface area contributed by atoms with Crippen LogP contribution in [0.4, 0.5) is 0 Å². The number of hydrogen-bond donors (Lipinski definition) is 2. The molecule has 1 aliphatic carbocycles. The minimum atomic E-state index is -0.286. The van der Waals surface area contributed by atoms with E-state index in [0.29, 0.717) is 6.54 Å². The van der Waals surface area contributed by atoms with Crippen molar-refractivity contribution >= 4 is 23.2 Å². The molecular weight excluding hydrogens is 310 g/mol. The van der Waals surface area contributed by atoms with Crippen molar-refractivity contribution in [2.45, 2.75) is 45.1 Å². The highest BCUT2D eigenvalue weighted by molar-refractivity contribution is 7.10. The van der Waals surface area contributed by atoms with E-state index in [2.05, 4.69) is 17.1 Å². The molecule has 0 spiro atoms. The van der Waals surface area contributed by atoms with Gasteiger partial charge < -0.3 is 11.1 Å². The first-order valence-electron chi connectivity index (χ1n) is 8.43. The first-order valence-corrected chi connectivity index (χ1v) is 9.31. The third-order valence-corrected chi connectivity index (χ3v) is 6.00. The Labute approximate surface area is 141 Å². The molecule has 0 saturated carbocycles. The summed E-state index contributed by atoms with van der Waals surface area (Å²) in [7, 11) is 0. The molecule has 2 heterocycles. The molecule has 1 saturated heterocycles. The van der Waals surface area contributed by atoms with E-state index in [9.17, 15) is 9.59 Å². The van der Waals surface area contributed by atoms with Crippen molar-refractivity contribution in [1.82, 2.24) is 10.2 Å². The summed E-state index contributed by atoms with van der Waals surface area (Å²) >= 11 is 1.73. The summed E-state index contributed by atoms with van der Waals surface area (Å²) in [5, 5.41) is 5.21. The average Bonchev–Trinajstić information content (AvgIpc) is 2.91. The molecule has 5 nitrogen and oxygen atoms in total. The van der Waals surface area contributed by atoms with E-state index in [1.807, 2.05) is 5.38 Å². The second-order valence-electron chi connectivity index (χ2n) is 6.89. The number of primary amides is 1. The minimum Gasteiger partial charge on any atom is -0.369 e. The molecule has 6 heteroatoms. The molecule has 1 fully saturated rings. The van der Waals surface area contributed by atoms with Crippen LogP contribution in [0.2, 0.25) is 0 Å². The van der Waals surface area contributed by atoms with E-state index < -0.39 is 0 Å². The zero-order chi connectivity index (χ0) is 16.4. The van der Waals surface area contributed by atoms with E-state index in [1.54, 1.807) is 11.3 Å². The first-order chi connectivity index (χ1) is 11.0. The lowest BCUT2D eigenvalue weighted by atomic mass is 9.88. The lowest BCUT2D eigenvalue weighted by Crippen LogP contribution is -2.46. The van der Waals surface area contributed by atoms with E-state index in [0.717, 1.165) is 50.3 Å². The lowest BCUT2D eigenvalue weighted by Gasteiger charge is -2.31. The summed E-state index contributed by atoms with van der Waals surface area (Å²) in [6.07, 6.45) is 5.07. The minimum absolute atomic E-state index is 0.0744. The Bertz CT molecular complexity index is 591. The van der Waals surface area contributed by atoms with Crippen LogP contribution >= 0.6 is 11.3 Å². The highest BCUT2D eigenvalue weighted by atomic mass is 32.1. The van der Waals surface area contributed by atoms with Gasteiger partial charge >= 0.3 is 0 Å². The summed E-state index contributed by atoms with van der Waals surface area (Å²) in [5.74, 6) is 0.517. The number of nitrogens with zero attached hydrogens (tertiary/aromatic N) is 1. The van der Waals surface area contributed by atoms with Gasteiger partial charge in [0.1, 0.15) is 0 Å². The van der Waals surface area contributed by atoms with E-state index >= 15 is 0 Å². The number of fused-ring (bicyclic) bond motifs is 1. The maximum Gasteiger partial charge on any atom is 0.252 e. The zero-order valence-corrected chi connectivity index (χ0v) is 14.5. The predicted octanol–water partition coefficient (Wildman–Crippen LogP) is 1.55. The summed E-state index contributed by atoms with van der Waals surface area (Å²) in [6, 6.07) is 0.199. The number of carbonyl (C=O) groups is 2. The van der Waals surface area contributed by atoms with Crippen LogP contribution in [0, 0.1) is 5.92 Å². The quantitative estimate of drug-likeness (QED) is 0.877. The zero-order valence-electron chi connectivity index (χ0n) is 13.6. The first kappa shape index (κ1) is 16.5. The number of amides is 2. The van der Waals surface area contributed by atoms with Gasteiger partial charge in [-0.25, -0.2) is 0 Å². The maximum atomic E-state index is 12.6. The summed E-state index contributed by atoms with van der Waals surface area (Å²) in [5.41, 5.74) is 7.39. The van der Waals surface area contributed by atoms with Gasteiger partial charge in [-0.05, 0) is 43.6 Å². The highest BCUT2D eigenvalue weighted by Gasteiger charge is 2.26. The van der Waals surface area contributed by atoms with Gasteiger partial charge in [0.05, 0.1) is 12.1 Å². The van der Waals surface area contributed by atoms with E-state index in [4.69, 9.17) is 5.73 Å². The Kier molecular flexibility index (Phi) is 5.02. The molecule has 2 aliphatic rings. The Morgan fingerprint density at radius 2 is 2.09 bits per heavy atom. The smallest absolute Gasteiger partial charge is 0.252 e. The van der Waals surface area contributed by atoms with Gasteiger partial charge in [0.15, 0.2) is 0 Å². The number of carbonyl (C=O) groups excluding carboxylic acids is 2. The van der Waals surface area contributed by atoms with Crippen LogP contribution in [0.1, 0.15) is 47.0 Å². The lowest BCUT2D eigenvalue weighted by molar-refractivity contribution is -0.119. The molecule has 3 rings (SSSR count). The van der Waals surface area contributed by atoms with Crippen molar-refractivity contribution in [2.24, 2.45) is 11.7 Å². The monoisotopic (exact) mass is 335 g/mol. The second kappa shape index (κ2) is 7.01. The molecule has 23 heavy (non-hydrogen) atoms. The fourth-order valence-electron chi connectivity index (χ4n) is 3.59. The summed E-state index contributed by atoms with van der Waals surface area (Å²) in [6.45, 7) is 4.22. The fourth-order valence-corrected chi connectivity index (χ4v) is 4.83. The molecule has 126 valence electrons. The Morgan fingerprint density at radius 1 is 1.35 bits per heavy atom. The number of hydrogen-bond acceptors (Lipinski definition) is 4. The molecule has 0 bridgehead atoms. The van der Waals surface area contributed by atoms with Crippen molar-refractivity contribution in [3.63, 3.8) is 0 Å². The average molecular weight is 335 g/mol. The number of nitrogens with two attached hydrogens (primary N) is 1. The van der Waals surface area contributed by atoms with Crippen LogP contribution in [0.15, 0.2) is 5.38 Å². The third-order valence-electron chi connectivity index (χ3n) is 4.95. The second-order valence-corrected chi connectivity index (χ2v) is 7.85. The predicted molar refractivity (Wildman–Crippen MR) is 91.6 cm³/mol. The van der Waals surface area contributed by atoms with Crippen molar-refractivity contribution in [3.8, 4) is 0 Å². The van der Waals surface area contributed by atoms with E-state index in [1.165, 1.54) is 16.9 Å². The molecule has 1 aromatic rings. The van der Waals surface area contributed by atoms with Crippen molar-refractivity contribution in [2.75, 3.05) is 19.6 Å². The van der Waals surface area contributed by atoms with Gasteiger partial charge in [-0.3, -0.25) is 14.5 Å². The number of likely N-dealkylation sites (tertiary alicyclic amines) is 1. The summed E-state index contributed by atoms with van der Waals surface area (Å²) < 4.78 is 0. The van der Waals surface area contributed by atoms with Crippen LogP contribution < -0.4 is 11.1 Å². The SMILES string of the molecule is CC1CCc2c(C(=O)NC3CCN(CC(N)=O)CC3)csc2C1. The van der Waals surface area contributed by atoms with Crippen LogP contribution in [-0.4, -0.2) is 42.4 Å². The number of piperidine rings is 1. The normalized spacial score (nSPS) is 22.6. The van der Waals surface area contributed by atoms with E-state index in [-0.39, 0.29) is 17.9 Å². The fraction of sp³-hybridized carbons (Fsp3) is 0.647. The molecular formula is C17H25N3O2S. The summed E-state index contributed by atoms with van der Waals surface area (Å²) in [4.78, 5) is 27.0. The standard InChI is InChI=1S/C17H25N3O2S/c1-11-2-3-13-14(10-23-15(13)8-11)17(22)19-12-4-6-20(7-5-12)9-16(18)21/h10-12H,2-9H2,1H3,(H2,18,21)(H,19,22). The van der Waals surface area contributed by atoms with Crippen molar-refractivity contribution in [3.05, 3.63) is 21.4 Å². The Morgan fingerprint density at radius 3 is 2.78 bits per heavy atom. The maximum absolute atomic E-state index is 12.6. The van der Waals surface area contributed by atoms with Crippen molar-refractivity contribution in [1.29, 1.82) is 0 Å². The number of rotatable bonds is 4. The van der Waals surface area contributed by atoms with Gasteiger partial charge in [0.25, 0.3) is 5.91 Å². The number of nitrogens with one attached hydrogen (secondary N) is 1. The molecule has 3 N–H and O–H groups in total. The Hall–Kier alpha value is -1.40. The largest absolute Gasteiger partial charge is 0.369 e. The van der Waals surface area contributed by atoms with Crippen LogP contribution in [0.5, 0.6) is 0 Å². The van der Waals surface area contributed by atoms with Gasteiger partial charge in [0.2, 0.25) is 5.91 Å². The van der Waals surface area contributed by atoms with Crippen LogP contribution in [-0.2, 0) is 17.6 Å². The van der Waals surface area contributed by atoms with Crippen molar-refractivity contribution < 1.29 is 9.59 Å². The highest BCUT2D eigenvalue weighted by Crippen LogP contribution is 2.32. The molecule has 0 aromatic carbocycles. The topological polar surface area (TPSA) is 75.4 Å². The molecule has 1 unspecified atom stereocenters. The molecule has 0 radical (unpaired) electrons. The molecule has 1 aliphatic heterocycles. The molecule has 1 aromatic heterocycles. The van der Waals surface area contributed by atoms with Gasteiger partial charge in [-0.15, -0.1) is 11.3 Å². The van der Waals surface area contributed by atoms with Gasteiger partial charge in [0, 0.05) is 29.4 Å². The van der Waals surface area contributed by atoms with Gasteiger partial charge in [-0.1, -0.05) is 6.92 Å². The third kappa shape index (κ3) is 3.93. The molecule has 1 atom stereocenters. The number of thiophene rings is 1. The molecule has 2 amide bonds. The van der Waals surface area contributed by atoms with Crippen LogP contribution in [0.3, 0.4) is 0 Å².